The Morgan fingerprint density at radius 1 is 1.07 bits per heavy atom. The fourth-order valence-electron chi connectivity index (χ4n) is 4.23. The van der Waals surface area contributed by atoms with Gasteiger partial charge in [-0.15, -0.1) is 0 Å². The van der Waals surface area contributed by atoms with E-state index in [1.54, 1.807) is 14.2 Å². The van der Waals surface area contributed by atoms with Crippen molar-refractivity contribution in [1.82, 2.24) is 10.2 Å². The van der Waals surface area contributed by atoms with Crippen LogP contribution < -0.4 is 19.5 Å². The third-order valence-electron chi connectivity index (χ3n) is 5.69. The first kappa shape index (κ1) is 19.8. The number of methoxy groups -OCH3 is 2. The number of nitrogens with one attached hydrogen (secondary N) is 1. The Labute approximate surface area is 162 Å². The molecule has 2 heterocycles. The number of carbonyl (C=O) groups is 1. The summed E-state index contributed by atoms with van der Waals surface area (Å²) in [6, 6.07) is 6.76. The quantitative estimate of drug-likeness (QED) is 0.672. The molecule has 2 atom stereocenters. The first-order valence-corrected chi connectivity index (χ1v) is 9.93. The minimum absolute atomic E-state index is 0.254. The maximum Gasteiger partial charge on any atom is 0.222 e. The average Bonchev–Trinajstić information content (AvgIpc) is 3.02. The number of fused-ring (bicyclic) bond motifs is 2. The van der Waals surface area contributed by atoms with Crippen molar-refractivity contribution in [3.63, 3.8) is 0 Å². The van der Waals surface area contributed by atoms with Gasteiger partial charge in [0.1, 0.15) is 17.2 Å². The number of amides is 1. The summed E-state index contributed by atoms with van der Waals surface area (Å²) in [6.45, 7) is 1.25. The van der Waals surface area contributed by atoms with E-state index < -0.39 is 0 Å². The molecule has 1 amide bonds. The third-order valence-corrected chi connectivity index (χ3v) is 5.69. The molecule has 2 aliphatic heterocycles. The van der Waals surface area contributed by atoms with Crippen LogP contribution in [0.1, 0.15) is 38.5 Å². The Morgan fingerprint density at radius 3 is 2.26 bits per heavy atom. The second kappa shape index (κ2) is 9.31. The Bertz CT molecular complexity index is 602. The van der Waals surface area contributed by atoms with E-state index in [1.165, 1.54) is 12.8 Å². The Kier molecular flexibility index (Phi) is 6.83. The molecule has 6 nitrogen and oxygen atoms in total. The van der Waals surface area contributed by atoms with Gasteiger partial charge in [0.2, 0.25) is 5.91 Å². The van der Waals surface area contributed by atoms with Crippen molar-refractivity contribution in [2.24, 2.45) is 5.92 Å². The van der Waals surface area contributed by atoms with Crippen LogP contribution in [-0.4, -0.2) is 57.3 Å². The smallest absolute Gasteiger partial charge is 0.222 e. The molecule has 2 fully saturated rings. The minimum atomic E-state index is 0.254. The van der Waals surface area contributed by atoms with Gasteiger partial charge in [0.15, 0.2) is 0 Å². The Morgan fingerprint density at radius 2 is 1.67 bits per heavy atom. The third kappa shape index (κ3) is 5.51. The van der Waals surface area contributed by atoms with Crippen molar-refractivity contribution in [2.45, 2.75) is 50.6 Å². The molecule has 0 radical (unpaired) electrons. The number of rotatable bonds is 9. The fourth-order valence-corrected chi connectivity index (χ4v) is 4.23. The van der Waals surface area contributed by atoms with Crippen LogP contribution in [0, 0.1) is 5.92 Å². The summed E-state index contributed by atoms with van der Waals surface area (Å²) < 4.78 is 16.3. The van der Waals surface area contributed by atoms with Crippen LogP contribution in [0.5, 0.6) is 17.2 Å². The zero-order valence-electron chi connectivity index (χ0n) is 16.7. The number of carbonyl (C=O) groups excluding carboxylic acids is 1. The molecule has 6 heteroatoms. The SMILES string of the molecule is COc1cc(OC)cc(OCCCN(C)C(=O)CC2CC3CCC(C2)N3)c1. The van der Waals surface area contributed by atoms with E-state index in [4.69, 9.17) is 14.2 Å². The molecule has 0 aliphatic carbocycles. The number of hydrogen-bond acceptors (Lipinski definition) is 5. The molecule has 1 aromatic rings. The zero-order chi connectivity index (χ0) is 19.2. The van der Waals surface area contributed by atoms with Gasteiger partial charge in [-0.05, 0) is 38.0 Å². The highest BCUT2D eigenvalue weighted by Crippen LogP contribution is 2.33. The highest BCUT2D eigenvalue weighted by atomic mass is 16.5. The topological polar surface area (TPSA) is 60.0 Å². The van der Waals surface area contributed by atoms with E-state index in [0.717, 1.165) is 19.3 Å². The molecule has 0 saturated carbocycles. The summed E-state index contributed by atoms with van der Waals surface area (Å²) in [4.78, 5) is 14.4. The van der Waals surface area contributed by atoms with E-state index in [-0.39, 0.29) is 5.91 Å². The summed E-state index contributed by atoms with van der Waals surface area (Å²) in [5.74, 6) is 2.91. The number of nitrogens with zero attached hydrogens (tertiary/aromatic N) is 1. The highest BCUT2D eigenvalue weighted by Gasteiger charge is 2.34. The van der Waals surface area contributed by atoms with Crippen LogP contribution in [0.25, 0.3) is 0 Å². The summed E-state index contributed by atoms with van der Waals surface area (Å²) in [7, 11) is 5.13. The van der Waals surface area contributed by atoms with Gasteiger partial charge in [0, 0.05) is 50.3 Å². The van der Waals surface area contributed by atoms with Crippen molar-refractivity contribution >= 4 is 5.91 Å². The summed E-state index contributed by atoms with van der Waals surface area (Å²) >= 11 is 0. The van der Waals surface area contributed by atoms with E-state index in [0.29, 0.717) is 54.8 Å². The summed E-state index contributed by atoms with van der Waals surface area (Å²) in [5, 5.41) is 3.64. The van der Waals surface area contributed by atoms with Gasteiger partial charge in [0.25, 0.3) is 0 Å². The maximum atomic E-state index is 12.5. The van der Waals surface area contributed by atoms with E-state index in [1.807, 2.05) is 30.1 Å². The molecular weight excluding hydrogens is 344 g/mol. The van der Waals surface area contributed by atoms with Gasteiger partial charge < -0.3 is 24.4 Å². The van der Waals surface area contributed by atoms with Gasteiger partial charge >= 0.3 is 0 Å². The first-order chi connectivity index (χ1) is 13.1. The van der Waals surface area contributed by atoms with Gasteiger partial charge in [-0.1, -0.05) is 0 Å². The fraction of sp³-hybridized carbons (Fsp3) is 0.667. The van der Waals surface area contributed by atoms with E-state index in [2.05, 4.69) is 5.32 Å². The van der Waals surface area contributed by atoms with E-state index >= 15 is 0 Å². The largest absolute Gasteiger partial charge is 0.496 e. The molecule has 1 aromatic carbocycles. The predicted molar refractivity (Wildman–Crippen MR) is 105 cm³/mol. The van der Waals surface area contributed by atoms with Gasteiger partial charge in [-0.25, -0.2) is 0 Å². The Hall–Kier alpha value is -1.95. The lowest BCUT2D eigenvalue weighted by molar-refractivity contribution is -0.131. The molecule has 2 unspecified atom stereocenters. The highest BCUT2D eigenvalue weighted by molar-refractivity contribution is 5.76. The Balaban J connectivity index is 1.38. The molecule has 27 heavy (non-hydrogen) atoms. The first-order valence-electron chi connectivity index (χ1n) is 9.93. The molecule has 0 aromatic heterocycles. The zero-order valence-corrected chi connectivity index (χ0v) is 16.7. The standard InChI is InChI=1S/C21H32N2O4/c1-23(21(24)11-15-9-16-5-6-17(10-15)22-16)7-4-8-27-20-13-18(25-2)12-19(14-20)26-3/h12-17,22H,4-11H2,1-3H3. The van der Waals surface area contributed by atoms with Crippen LogP contribution in [0.4, 0.5) is 0 Å². The molecule has 3 rings (SSSR count). The maximum absolute atomic E-state index is 12.5. The molecule has 2 saturated heterocycles. The summed E-state index contributed by atoms with van der Waals surface area (Å²) in [5.41, 5.74) is 0. The average molecular weight is 376 g/mol. The lowest BCUT2D eigenvalue weighted by atomic mass is 9.89. The van der Waals surface area contributed by atoms with Crippen molar-refractivity contribution in [3.8, 4) is 17.2 Å². The number of piperidine rings is 1. The van der Waals surface area contributed by atoms with E-state index in [9.17, 15) is 4.79 Å². The van der Waals surface area contributed by atoms with Crippen molar-refractivity contribution in [1.29, 1.82) is 0 Å². The van der Waals surface area contributed by atoms with Gasteiger partial charge in [-0.2, -0.15) is 0 Å². The van der Waals surface area contributed by atoms with Crippen LogP contribution in [-0.2, 0) is 4.79 Å². The second-order valence-electron chi connectivity index (χ2n) is 7.75. The molecule has 150 valence electrons. The lowest BCUT2D eigenvalue weighted by Crippen LogP contribution is -2.40. The van der Waals surface area contributed by atoms with Crippen molar-refractivity contribution in [2.75, 3.05) is 34.4 Å². The van der Waals surface area contributed by atoms with Crippen LogP contribution in [0.2, 0.25) is 0 Å². The van der Waals surface area contributed by atoms with Crippen LogP contribution in [0.3, 0.4) is 0 Å². The number of ether oxygens (including phenoxy) is 3. The van der Waals surface area contributed by atoms with Gasteiger partial charge in [0.05, 0.1) is 20.8 Å². The van der Waals surface area contributed by atoms with Gasteiger partial charge in [-0.3, -0.25) is 4.79 Å². The second-order valence-corrected chi connectivity index (χ2v) is 7.75. The van der Waals surface area contributed by atoms with Crippen LogP contribution >= 0.6 is 0 Å². The monoisotopic (exact) mass is 376 g/mol. The van der Waals surface area contributed by atoms with Crippen molar-refractivity contribution in [3.05, 3.63) is 18.2 Å². The molecule has 1 N–H and O–H groups in total. The minimum Gasteiger partial charge on any atom is -0.496 e. The summed E-state index contributed by atoms with van der Waals surface area (Å²) in [6.07, 6.45) is 6.32. The molecule has 2 aliphatic rings. The predicted octanol–water partition coefficient (Wildman–Crippen LogP) is 2.85. The molecule has 0 spiro atoms. The number of benzene rings is 1. The number of hydrogen-bond donors (Lipinski definition) is 1. The lowest BCUT2D eigenvalue weighted by Gasteiger charge is -2.30. The normalized spacial score (nSPS) is 23.7. The molecule has 2 bridgehead atoms. The van der Waals surface area contributed by atoms with Crippen molar-refractivity contribution < 1.29 is 19.0 Å². The molecular formula is C21H32N2O4. The van der Waals surface area contributed by atoms with Crippen LogP contribution in [0.15, 0.2) is 18.2 Å².